The maximum Gasteiger partial charge on any atom is 0.326 e. The minimum Gasteiger partial charge on any atom is -0.480 e. The maximum absolute atomic E-state index is 12.0. The molecule has 0 aromatic rings. The second-order valence-electron chi connectivity index (χ2n) is 5.18. The van der Waals surface area contributed by atoms with E-state index < -0.39 is 12.0 Å². The Bertz CT molecular complexity index is 362. The molecule has 94 valence electrons. The Hall–Kier alpha value is -1.32. The quantitative estimate of drug-likeness (QED) is 0.745. The molecule has 0 spiro atoms. The lowest BCUT2D eigenvalue weighted by molar-refractivity contribution is -0.146. The van der Waals surface area contributed by atoms with Gasteiger partial charge in [-0.15, -0.1) is 0 Å². The third-order valence-corrected chi connectivity index (χ3v) is 3.72. The Labute approximate surface area is 101 Å². The van der Waals surface area contributed by atoms with E-state index in [1.165, 1.54) is 10.5 Å². The fourth-order valence-corrected chi connectivity index (χ4v) is 2.76. The summed E-state index contributed by atoms with van der Waals surface area (Å²) in [4.78, 5) is 24.5. The molecule has 1 amide bonds. The monoisotopic (exact) mass is 237 g/mol. The number of carbonyl (C=O) groups is 2. The summed E-state index contributed by atoms with van der Waals surface area (Å²) in [7, 11) is 0. The maximum atomic E-state index is 12.0. The third-order valence-electron chi connectivity index (χ3n) is 3.72. The number of likely N-dealkylation sites (tertiary alicyclic amines) is 1. The van der Waals surface area contributed by atoms with Crippen LogP contribution in [0.5, 0.6) is 0 Å². The summed E-state index contributed by atoms with van der Waals surface area (Å²) >= 11 is 0. The number of aliphatic carboxylic acids is 1. The molecule has 2 atom stereocenters. The predicted octanol–water partition coefficient (Wildman–Crippen LogP) is 1.81. The highest BCUT2D eigenvalue weighted by molar-refractivity contribution is 5.92. The number of hydrogen-bond acceptors (Lipinski definition) is 2. The molecule has 1 N–H and O–H groups in total. The topological polar surface area (TPSA) is 57.6 Å². The summed E-state index contributed by atoms with van der Waals surface area (Å²) in [6.45, 7) is 2.76. The van der Waals surface area contributed by atoms with Crippen molar-refractivity contribution in [3.8, 4) is 0 Å². The van der Waals surface area contributed by atoms with Crippen molar-refractivity contribution in [1.82, 2.24) is 4.90 Å². The van der Waals surface area contributed by atoms with Crippen LogP contribution < -0.4 is 0 Å². The number of amides is 1. The van der Waals surface area contributed by atoms with Crippen molar-refractivity contribution < 1.29 is 14.7 Å². The van der Waals surface area contributed by atoms with Crippen molar-refractivity contribution in [2.24, 2.45) is 5.92 Å². The van der Waals surface area contributed by atoms with Crippen LogP contribution in [0.3, 0.4) is 0 Å². The summed E-state index contributed by atoms with van der Waals surface area (Å²) < 4.78 is 0. The molecule has 1 saturated carbocycles. The smallest absolute Gasteiger partial charge is 0.326 e. The van der Waals surface area contributed by atoms with E-state index in [2.05, 4.69) is 6.92 Å². The van der Waals surface area contributed by atoms with E-state index in [0.717, 1.165) is 25.7 Å². The first-order valence-electron chi connectivity index (χ1n) is 6.31. The van der Waals surface area contributed by atoms with Crippen LogP contribution >= 0.6 is 0 Å². The molecule has 0 aromatic carbocycles. The van der Waals surface area contributed by atoms with Crippen molar-refractivity contribution in [2.75, 3.05) is 6.54 Å². The van der Waals surface area contributed by atoms with E-state index in [-0.39, 0.29) is 5.91 Å². The van der Waals surface area contributed by atoms with E-state index in [1.807, 2.05) is 0 Å². The molecule has 4 heteroatoms. The zero-order chi connectivity index (χ0) is 12.4. The van der Waals surface area contributed by atoms with Crippen LogP contribution in [0.4, 0.5) is 0 Å². The largest absolute Gasteiger partial charge is 0.480 e. The SMILES string of the molecule is CC1CC/C(=C\C(=O)N2CCCC2C(=O)O)C1. The van der Waals surface area contributed by atoms with Crippen molar-refractivity contribution in [3.63, 3.8) is 0 Å². The lowest BCUT2D eigenvalue weighted by atomic mass is 10.1. The van der Waals surface area contributed by atoms with Gasteiger partial charge >= 0.3 is 5.97 Å². The average Bonchev–Trinajstić information content (AvgIpc) is 2.86. The molecule has 0 radical (unpaired) electrons. The standard InChI is InChI=1S/C13H19NO3/c1-9-4-5-10(7-9)8-12(15)14-6-2-3-11(14)13(16)17/h8-9,11H,2-7H2,1H3,(H,16,17)/b10-8+. The minimum atomic E-state index is -0.881. The summed E-state index contributed by atoms with van der Waals surface area (Å²) in [5.74, 6) is -0.337. The zero-order valence-corrected chi connectivity index (χ0v) is 10.2. The van der Waals surface area contributed by atoms with Gasteiger partial charge in [-0.25, -0.2) is 4.79 Å². The number of carbonyl (C=O) groups excluding carboxylic acids is 1. The fraction of sp³-hybridized carbons (Fsp3) is 0.692. The Morgan fingerprint density at radius 3 is 2.76 bits per heavy atom. The van der Waals surface area contributed by atoms with Gasteiger partial charge in [-0.2, -0.15) is 0 Å². The average molecular weight is 237 g/mol. The van der Waals surface area contributed by atoms with Gasteiger partial charge in [0.25, 0.3) is 0 Å². The first-order chi connectivity index (χ1) is 8.08. The minimum absolute atomic E-state index is 0.112. The molecule has 2 unspecified atom stereocenters. The van der Waals surface area contributed by atoms with Gasteiger partial charge < -0.3 is 10.0 Å². The molecule has 1 heterocycles. The number of carboxylic acids is 1. The molecule has 2 rings (SSSR count). The van der Waals surface area contributed by atoms with Crippen LogP contribution in [0.15, 0.2) is 11.6 Å². The number of allylic oxidation sites excluding steroid dienone is 1. The third kappa shape index (κ3) is 2.68. The number of nitrogens with zero attached hydrogens (tertiary/aromatic N) is 1. The van der Waals surface area contributed by atoms with Gasteiger partial charge in [0.05, 0.1) is 0 Å². The molecule has 1 aliphatic carbocycles. The molecule has 0 bridgehead atoms. The highest BCUT2D eigenvalue weighted by atomic mass is 16.4. The zero-order valence-electron chi connectivity index (χ0n) is 10.2. The van der Waals surface area contributed by atoms with Crippen molar-refractivity contribution in [3.05, 3.63) is 11.6 Å². The molecule has 1 aliphatic heterocycles. The van der Waals surface area contributed by atoms with Gasteiger partial charge in [0.15, 0.2) is 0 Å². The van der Waals surface area contributed by atoms with Gasteiger partial charge in [0.1, 0.15) is 6.04 Å². The van der Waals surface area contributed by atoms with Gasteiger partial charge in [-0.3, -0.25) is 4.79 Å². The van der Waals surface area contributed by atoms with E-state index in [9.17, 15) is 9.59 Å². The summed E-state index contributed by atoms with van der Waals surface area (Å²) in [5, 5.41) is 9.02. The van der Waals surface area contributed by atoms with Crippen molar-refractivity contribution in [2.45, 2.75) is 45.1 Å². The molecule has 2 aliphatic rings. The first-order valence-corrected chi connectivity index (χ1v) is 6.31. The summed E-state index contributed by atoms with van der Waals surface area (Å²) in [6, 6.07) is -0.613. The van der Waals surface area contributed by atoms with E-state index in [1.54, 1.807) is 6.08 Å². The fourth-order valence-electron chi connectivity index (χ4n) is 2.76. The number of rotatable bonds is 2. The van der Waals surface area contributed by atoms with Crippen LogP contribution in [0.25, 0.3) is 0 Å². The van der Waals surface area contributed by atoms with E-state index in [0.29, 0.717) is 18.9 Å². The van der Waals surface area contributed by atoms with Crippen molar-refractivity contribution >= 4 is 11.9 Å². The second-order valence-corrected chi connectivity index (χ2v) is 5.18. The second kappa shape index (κ2) is 4.90. The lowest BCUT2D eigenvalue weighted by Gasteiger charge is -2.19. The molecule has 4 nitrogen and oxygen atoms in total. The summed E-state index contributed by atoms with van der Waals surface area (Å²) in [6.07, 6.45) is 6.16. The Morgan fingerprint density at radius 2 is 2.18 bits per heavy atom. The molecular formula is C13H19NO3. The number of hydrogen-bond donors (Lipinski definition) is 1. The molecule has 2 fully saturated rings. The van der Waals surface area contributed by atoms with Crippen LogP contribution in [-0.4, -0.2) is 34.5 Å². The van der Waals surface area contributed by atoms with Crippen LogP contribution in [0.1, 0.15) is 39.0 Å². The molecule has 1 saturated heterocycles. The first kappa shape index (κ1) is 12.1. The molecule has 17 heavy (non-hydrogen) atoms. The van der Waals surface area contributed by atoms with Crippen LogP contribution in [0, 0.1) is 5.92 Å². The number of carboxylic acid groups (broad SMARTS) is 1. The summed E-state index contributed by atoms with van der Waals surface area (Å²) in [5.41, 5.74) is 1.18. The highest BCUT2D eigenvalue weighted by Gasteiger charge is 2.33. The predicted molar refractivity (Wildman–Crippen MR) is 63.5 cm³/mol. The Kier molecular flexibility index (Phi) is 3.50. The van der Waals surface area contributed by atoms with Crippen LogP contribution in [0.2, 0.25) is 0 Å². The van der Waals surface area contributed by atoms with Gasteiger partial charge in [-0.1, -0.05) is 12.5 Å². The van der Waals surface area contributed by atoms with Gasteiger partial charge in [0, 0.05) is 12.6 Å². The van der Waals surface area contributed by atoms with E-state index >= 15 is 0 Å². The molecule has 0 aromatic heterocycles. The van der Waals surface area contributed by atoms with Crippen LogP contribution in [-0.2, 0) is 9.59 Å². The Balaban J connectivity index is 2.02. The molecular weight excluding hydrogens is 218 g/mol. The van der Waals surface area contributed by atoms with Gasteiger partial charge in [-0.05, 0) is 38.0 Å². The van der Waals surface area contributed by atoms with Crippen molar-refractivity contribution in [1.29, 1.82) is 0 Å². The normalized spacial score (nSPS) is 31.1. The van der Waals surface area contributed by atoms with Gasteiger partial charge in [0.2, 0.25) is 5.91 Å². The lowest BCUT2D eigenvalue weighted by Crippen LogP contribution is -2.39. The Morgan fingerprint density at radius 1 is 1.41 bits per heavy atom. The highest BCUT2D eigenvalue weighted by Crippen LogP contribution is 2.30. The van der Waals surface area contributed by atoms with E-state index in [4.69, 9.17) is 5.11 Å².